The zero-order valence-corrected chi connectivity index (χ0v) is 7.33. The van der Waals surface area contributed by atoms with Gasteiger partial charge in [0.05, 0.1) is 19.8 Å². The lowest BCUT2D eigenvalue weighted by Crippen LogP contribution is -2.07. The quantitative estimate of drug-likeness (QED) is 0.380. The lowest BCUT2D eigenvalue weighted by Gasteiger charge is -2.05. The molecule has 0 amide bonds. The first-order valence-corrected chi connectivity index (χ1v) is 5.27. The standard InChI is InChI=1S/C5H14O5P/c1-11(7,8)10-5-4-9-3-2-6/h6-8H,2-5H2,1H3/q+1. The summed E-state index contributed by atoms with van der Waals surface area (Å²) in [5, 5.41) is 8.27. The minimum Gasteiger partial charge on any atom is -0.394 e. The van der Waals surface area contributed by atoms with E-state index in [0.29, 0.717) is 0 Å². The van der Waals surface area contributed by atoms with E-state index in [0.717, 1.165) is 0 Å². The van der Waals surface area contributed by atoms with Crippen LogP contribution in [0.2, 0.25) is 0 Å². The summed E-state index contributed by atoms with van der Waals surface area (Å²) in [6.07, 6.45) is 0. The lowest BCUT2D eigenvalue weighted by molar-refractivity contribution is 0.0652. The molecular weight excluding hydrogens is 171 g/mol. The van der Waals surface area contributed by atoms with Crippen molar-refractivity contribution in [2.24, 2.45) is 0 Å². The fourth-order valence-corrected chi connectivity index (χ4v) is 0.856. The average Bonchev–Trinajstić information content (AvgIpc) is 1.85. The summed E-state index contributed by atoms with van der Waals surface area (Å²) in [5.41, 5.74) is 0. The van der Waals surface area contributed by atoms with Crippen molar-refractivity contribution in [3.8, 4) is 0 Å². The van der Waals surface area contributed by atoms with Crippen molar-refractivity contribution in [2.45, 2.75) is 0 Å². The number of hydrogen-bond donors (Lipinski definition) is 3. The highest BCUT2D eigenvalue weighted by Crippen LogP contribution is 2.45. The zero-order valence-electron chi connectivity index (χ0n) is 6.43. The van der Waals surface area contributed by atoms with Gasteiger partial charge in [0.25, 0.3) is 0 Å². The van der Waals surface area contributed by atoms with E-state index >= 15 is 0 Å². The predicted octanol–water partition coefficient (Wildman–Crippen LogP) is -0.611. The zero-order chi connectivity index (χ0) is 8.74. The average molecular weight is 185 g/mol. The Bertz CT molecular complexity index is 91.4. The Morgan fingerprint density at radius 1 is 1.18 bits per heavy atom. The third kappa shape index (κ3) is 10.2. The lowest BCUT2D eigenvalue weighted by atomic mass is 10.7. The topological polar surface area (TPSA) is 79.2 Å². The predicted molar refractivity (Wildman–Crippen MR) is 41.1 cm³/mol. The minimum atomic E-state index is -3.11. The molecule has 0 bridgehead atoms. The molecule has 0 rings (SSSR count). The molecule has 0 saturated carbocycles. The van der Waals surface area contributed by atoms with E-state index in [4.69, 9.17) is 19.6 Å². The fraction of sp³-hybridized carbons (Fsp3) is 1.00. The van der Waals surface area contributed by atoms with Crippen LogP contribution in [0.15, 0.2) is 0 Å². The van der Waals surface area contributed by atoms with Crippen LogP contribution in [0.1, 0.15) is 0 Å². The third-order valence-corrected chi connectivity index (χ3v) is 1.47. The first kappa shape index (κ1) is 11.2. The summed E-state index contributed by atoms with van der Waals surface area (Å²) in [5.74, 6) is 0. The molecule has 0 spiro atoms. The van der Waals surface area contributed by atoms with Crippen LogP contribution < -0.4 is 0 Å². The van der Waals surface area contributed by atoms with E-state index in [1.807, 2.05) is 0 Å². The van der Waals surface area contributed by atoms with Gasteiger partial charge in [-0.1, -0.05) is 0 Å². The number of hydrogen-bond acceptors (Lipinski definition) is 5. The Morgan fingerprint density at radius 2 is 1.82 bits per heavy atom. The van der Waals surface area contributed by atoms with Crippen molar-refractivity contribution in [2.75, 3.05) is 33.1 Å². The van der Waals surface area contributed by atoms with E-state index in [2.05, 4.69) is 4.52 Å². The van der Waals surface area contributed by atoms with Gasteiger partial charge in [0.15, 0.2) is 0 Å². The van der Waals surface area contributed by atoms with Crippen molar-refractivity contribution < 1.29 is 24.2 Å². The molecule has 0 aliphatic rings. The summed E-state index contributed by atoms with van der Waals surface area (Å²) in [6, 6.07) is 0. The molecule has 0 aromatic carbocycles. The van der Waals surface area contributed by atoms with Gasteiger partial charge in [-0.05, 0) is 0 Å². The van der Waals surface area contributed by atoms with E-state index < -0.39 is 7.94 Å². The Kier molecular flexibility index (Phi) is 5.95. The van der Waals surface area contributed by atoms with Crippen LogP contribution in [0.25, 0.3) is 0 Å². The first-order valence-electron chi connectivity index (χ1n) is 3.21. The molecule has 0 aliphatic carbocycles. The van der Waals surface area contributed by atoms with Crippen LogP contribution in [-0.2, 0) is 9.26 Å². The highest BCUT2D eigenvalue weighted by Gasteiger charge is 2.26. The summed E-state index contributed by atoms with van der Waals surface area (Å²) in [6.45, 7) is 1.83. The monoisotopic (exact) mass is 185 g/mol. The van der Waals surface area contributed by atoms with Crippen LogP contribution in [0, 0.1) is 0 Å². The van der Waals surface area contributed by atoms with Gasteiger partial charge in [-0.3, -0.25) is 0 Å². The molecule has 0 saturated heterocycles. The Morgan fingerprint density at radius 3 is 2.27 bits per heavy atom. The Hall–Kier alpha value is 0.230. The number of rotatable bonds is 6. The van der Waals surface area contributed by atoms with Gasteiger partial charge >= 0.3 is 7.94 Å². The maximum Gasteiger partial charge on any atom is 0.403 e. The van der Waals surface area contributed by atoms with Gasteiger partial charge in [0.2, 0.25) is 0 Å². The van der Waals surface area contributed by atoms with Crippen molar-refractivity contribution in [3.05, 3.63) is 0 Å². The molecule has 0 aromatic rings. The molecule has 0 aliphatic heterocycles. The molecule has 6 heteroatoms. The molecule has 0 aromatic heterocycles. The van der Waals surface area contributed by atoms with Crippen LogP contribution >= 0.6 is 7.94 Å². The van der Waals surface area contributed by atoms with Crippen LogP contribution in [-0.4, -0.2) is 48.0 Å². The maximum atomic E-state index is 8.71. The van der Waals surface area contributed by atoms with Gasteiger partial charge in [0, 0.05) is 0 Å². The normalized spacial score (nSPS) is 12.0. The molecule has 68 valence electrons. The van der Waals surface area contributed by atoms with Gasteiger partial charge in [-0.2, -0.15) is 14.3 Å². The summed E-state index contributed by atoms with van der Waals surface area (Å²) >= 11 is 0. The SMILES string of the molecule is C[P+](O)(O)OCCOCCO. The van der Waals surface area contributed by atoms with Gasteiger partial charge < -0.3 is 9.84 Å². The summed E-state index contributed by atoms with van der Waals surface area (Å²) in [7, 11) is -3.11. The number of aliphatic hydroxyl groups excluding tert-OH is 1. The van der Waals surface area contributed by atoms with E-state index in [1.54, 1.807) is 0 Å². The van der Waals surface area contributed by atoms with Crippen molar-refractivity contribution in [1.29, 1.82) is 0 Å². The van der Waals surface area contributed by atoms with E-state index in [-0.39, 0.29) is 26.4 Å². The Balaban J connectivity index is 3.02. The minimum absolute atomic E-state index is 0.0370. The molecule has 3 N–H and O–H groups in total. The van der Waals surface area contributed by atoms with Gasteiger partial charge in [-0.15, -0.1) is 0 Å². The second kappa shape index (κ2) is 5.83. The second-order valence-corrected chi connectivity index (χ2v) is 3.93. The molecule has 11 heavy (non-hydrogen) atoms. The Labute approximate surface area is 66.2 Å². The maximum absolute atomic E-state index is 8.71. The highest BCUT2D eigenvalue weighted by atomic mass is 31.2. The van der Waals surface area contributed by atoms with E-state index in [9.17, 15) is 0 Å². The molecule has 5 nitrogen and oxygen atoms in total. The van der Waals surface area contributed by atoms with Crippen LogP contribution in [0.5, 0.6) is 0 Å². The van der Waals surface area contributed by atoms with E-state index in [1.165, 1.54) is 6.66 Å². The summed E-state index contributed by atoms with van der Waals surface area (Å²) < 4.78 is 9.39. The van der Waals surface area contributed by atoms with Gasteiger partial charge in [-0.25, -0.2) is 0 Å². The number of aliphatic hydroxyl groups is 1. The summed E-state index contributed by atoms with van der Waals surface area (Å²) in [4.78, 5) is 17.4. The molecule has 0 atom stereocenters. The molecular formula is C5H14O5P+. The van der Waals surface area contributed by atoms with Crippen molar-refractivity contribution in [1.82, 2.24) is 0 Å². The first-order chi connectivity index (χ1) is 5.06. The van der Waals surface area contributed by atoms with Crippen molar-refractivity contribution >= 4 is 7.94 Å². The fourth-order valence-electron chi connectivity index (χ4n) is 0.436. The second-order valence-electron chi connectivity index (χ2n) is 2.00. The molecule has 0 radical (unpaired) electrons. The van der Waals surface area contributed by atoms with Crippen LogP contribution in [0.3, 0.4) is 0 Å². The number of ether oxygens (including phenoxy) is 1. The molecule has 0 heterocycles. The third-order valence-electron chi connectivity index (χ3n) is 0.799. The highest BCUT2D eigenvalue weighted by molar-refractivity contribution is 7.58. The van der Waals surface area contributed by atoms with Crippen molar-refractivity contribution in [3.63, 3.8) is 0 Å². The molecule has 0 unspecified atom stereocenters. The van der Waals surface area contributed by atoms with Gasteiger partial charge in [0.1, 0.15) is 13.3 Å². The molecule has 0 fully saturated rings. The van der Waals surface area contributed by atoms with Crippen LogP contribution in [0.4, 0.5) is 0 Å². The largest absolute Gasteiger partial charge is 0.403 e. The smallest absolute Gasteiger partial charge is 0.394 e.